The molecule has 0 N–H and O–H groups in total. The number of hydrogen-bond donors (Lipinski definition) is 0. The van der Waals surface area contributed by atoms with Gasteiger partial charge in [0.15, 0.2) is 0 Å². The Kier molecular flexibility index (Phi) is 4.91. The Labute approximate surface area is 94.4 Å². The van der Waals surface area contributed by atoms with E-state index in [1.54, 1.807) is 0 Å². The Bertz CT molecular complexity index is 440. The minimum absolute atomic E-state index is 0.838. The topological polar surface area (TPSA) is 129 Å². The van der Waals surface area contributed by atoms with E-state index < -0.39 is 31.8 Å². The Hall–Kier alpha value is -2.84. The van der Waals surface area contributed by atoms with Gasteiger partial charge in [-0.1, -0.05) is 0 Å². The van der Waals surface area contributed by atoms with Crippen molar-refractivity contribution in [1.29, 1.82) is 0 Å². The Morgan fingerprint density at radius 3 is 1.41 bits per heavy atom. The summed E-state index contributed by atoms with van der Waals surface area (Å²) in [6.45, 7) is 6.00. The molecule has 17 heavy (non-hydrogen) atoms. The minimum Gasteiger partial charge on any atom is -0.258 e. The molecule has 0 saturated carbocycles. The third kappa shape index (κ3) is 3.06. The van der Waals surface area contributed by atoms with Crippen LogP contribution in [0.25, 0.3) is 0 Å². The standard InChI is InChI=1S/C6H3N3O6.C2H4/c10-7(11)4-2-1-3-5(8(12)13)6(4)9(14)15;1-2/h1-3H;1-2H2. The van der Waals surface area contributed by atoms with Crippen LogP contribution < -0.4 is 0 Å². The van der Waals surface area contributed by atoms with Gasteiger partial charge in [0.25, 0.3) is 0 Å². The smallest absolute Gasteiger partial charge is 0.258 e. The number of para-hydroxylation sites is 1. The molecule has 1 aromatic carbocycles. The lowest BCUT2D eigenvalue weighted by Crippen LogP contribution is -2.00. The molecule has 1 aromatic rings. The lowest BCUT2D eigenvalue weighted by molar-refractivity contribution is -0.441. The summed E-state index contributed by atoms with van der Waals surface area (Å²) >= 11 is 0. The maximum Gasteiger partial charge on any atom is 0.422 e. The predicted molar refractivity (Wildman–Crippen MR) is 57.7 cm³/mol. The molecule has 0 saturated heterocycles. The van der Waals surface area contributed by atoms with Crippen LogP contribution in [0.3, 0.4) is 0 Å². The van der Waals surface area contributed by atoms with Crippen LogP contribution in [0, 0.1) is 30.3 Å². The summed E-state index contributed by atoms with van der Waals surface area (Å²) in [6, 6.07) is 2.69. The van der Waals surface area contributed by atoms with Gasteiger partial charge < -0.3 is 0 Å². The Morgan fingerprint density at radius 1 is 0.824 bits per heavy atom. The van der Waals surface area contributed by atoms with Crippen molar-refractivity contribution >= 4 is 17.1 Å². The van der Waals surface area contributed by atoms with Crippen LogP contribution in [0.4, 0.5) is 17.1 Å². The molecule has 0 amide bonds. The van der Waals surface area contributed by atoms with E-state index in [1.165, 1.54) is 0 Å². The summed E-state index contributed by atoms with van der Waals surface area (Å²) in [5.74, 6) is 0. The van der Waals surface area contributed by atoms with E-state index >= 15 is 0 Å². The summed E-state index contributed by atoms with van der Waals surface area (Å²) in [5.41, 5.74) is -2.89. The van der Waals surface area contributed by atoms with Gasteiger partial charge in [-0.25, -0.2) is 0 Å². The minimum atomic E-state index is -1.14. The molecule has 0 aliphatic carbocycles. The normalized spacial score (nSPS) is 8.71. The molecule has 0 aromatic heterocycles. The average molecular weight is 241 g/mol. The van der Waals surface area contributed by atoms with Crippen molar-refractivity contribution in [3.8, 4) is 0 Å². The van der Waals surface area contributed by atoms with Crippen LogP contribution in [-0.4, -0.2) is 14.8 Å². The van der Waals surface area contributed by atoms with E-state index in [9.17, 15) is 30.3 Å². The highest BCUT2D eigenvalue weighted by molar-refractivity contribution is 5.65. The third-order valence-electron chi connectivity index (χ3n) is 1.57. The zero-order valence-corrected chi connectivity index (χ0v) is 8.44. The fraction of sp³-hybridized carbons (Fsp3) is 0. The summed E-state index contributed by atoms with van der Waals surface area (Å²) < 4.78 is 0. The highest BCUT2D eigenvalue weighted by atomic mass is 16.6. The lowest BCUT2D eigenvalue weighted by atomic mass is 10.2. The first-order valence-electron chi connectivity index (χ1n) is 4.01. The second kappa shape index (κ2) is 5.90. The summed E-state index contributed by atoms with van der Waals surface area (Å²) in [6.07, 6.45) is 0. The van der Waals surface area contributed by atoms with Crippen LogP contribution in [0.1, 0.15) is 0 Å². The summed E-state index contributed by atoms with van der Waals surface area (Å²) in [4.78, 5) is 28.0. The van der Waals surface area contributed by atoms with Gasteiger partial charge in [-0.2, -0.15) is 0 Å². The molecule has 0 heterocycles. The van der Waals surface area contributed by atoms with Crippen molar-refractivity contribution < 1.29 is 14.8 Å². The fourth-order valence-corrected chi connectivity index (χ4v) is 1.00. The molecule has 0 unspecified atom stereocenters. The van der Waals surface area contributed by atoms with Crippen molar-refractivity contribution in [2.75, 3.05) is 0 Å². The number of rotatable bonds is 3. The lowest BCUT2D eigenvalue weighted by Gasteiger charge is -1.95. The van der Waals surface area contributed by atoms with Crippen LogP contribution in [0.2, 0.25) is 0 Å². The summed E-state index contributed by atoms with van der Waals surface area (Å²) in [7, 11) is 0. The SMILES string of the molecule is C=C.O=[N+]([O-])c1cccc([N+](=O)[O-])c1[N+](=O)[O-]. The fourth-order valence-electron chi connectivity index (χ4n) is 1.00. The maximum atomic E-state index is 10.4. The Balaban J connectivity index is 0.00000121. The molecule has 0 fully saturated rings. The first kappa shape index (κ1) is 14.2. The highest BCUT2D eigenvalue weighted by Gasteiger charge is 2.34. The van der Waals surface area contributed by atoms with E-state index in [0.29, 0.717) is 0 Å². The zero-order chi connectivity index (χ0) is 13.6. The van der Waals surface area contributed by atoms with Crippen molar-refractivity contribution in [3.05, 3.63) is 61.7 Å². The monoisotopic (exact) mass is 241 g/mol. The van der Waals surface area contributed by atoms with Gasteiger partial charge in [0.2, 0.25) is 0 Å². The molecule has 0 atom stereocenters. The van der Waals surface area contributed by atoms with Crippen LogP contribution in [0.15, 0.2) is 31.4 Å². The molecule has 0 bridgehead atoms. The molecule has 0 spiro atoms. The van der Waals surface area contributed by atoms with Gasteiger partial charge >= 0.3 is 17.1 Å². The number of nitro groups is 3. The van der Waals surface area contributed by atoms with Gasteiger partial charge in [0, 0.05) is 12.1 Å². The van der Waals surface area contributed by atoms with E-state index in [2.05, 4.69) is 13.2 Å². The van der Waals surface area contributed by atoms with Gasteiger partial charge in [0.05, 0.1) is 14.8 Å². The van der Waals surface area contributed by atoms with Crippen molar-refractivity contribution in [3.63, 3.8) is 0 Å². The molecule has 9 heteroatoms. The molecular formula is C8H7N3O6. The quantitative estimate of drug-likeness (QED) is 0.453. The largest absolute Gasteiger partial charge is 0.422 e. The first-order valence-corrected chi connectivity index (χ1v) is 4.01. The van der Waals surface area contributed by atoms with Crippen LogP contribution in [0.5, 0.6) is 0 Å². The third-order valence-corrected chi connectivity index (χ3v) is 1.57. The van der Waals surface area contributed by atoms with Gasteiger partial charge in [0.1, 0.15) is 0 Å². The van der Waals surface area contributed by atoms with E-state index in [4.69, 9.17) is 0 Å². The van der Waals surface area contributed by atoms with Gasteiger partial charge in [-0.05, 0) is 6.07 Å². The number of benzene rings is 1. The van der Waals surface area contributed by atoms with E-state index in [0.717, 1.165) is 18.2 Å². The number of nitro benzene ring substituents is 3. The van der Waals surface area contributed by atoms with Gasteiger partial charge in [-0.15, -0.1) is 13.2 Å². The first-order chi connectivity index (χ1) is 7.95. The van der Waals surface area contributed by atoms with Crippen molar-refractivity contribution in [1.82, 2.24) is 0 Å². The van der Waals surface area contributed by atoms with Crippen LogP contribution in [-0.2, 0) is 0 Å². The summed E-state index contributed by atoms with van der Waals surface area (Å²) in [5, 5.41) is 31.2. The second-order valence-corrected chi connectivity index (χ2v) is 2.42. The molecule has 0 aliphatic heterocycles. The van der Waals surface area contributed by atoms with E-state index in [-0.39, 0.29) is 0 Å². The molecule has 0 aliphatic rings. The predicted octanol–water partition coefficient (Wildman–Crippen LogP) is 2.21. The van der Waals surface area contributed by atoms with E-state index in [1.807, 2.05) is 0 Å². The molecule has 1 rings (SSSR count). The van der Waals surface area contributed by atoms with Crippen molar-refractivity contribution in [2.45, 2.75) is 0 Å². The number of nitrogens with zero attached hydrogens (tertiary/aromatic N) is 3. The maximum absolute atomic E-state index is 10.4. The highest BCUT2D eigenvalue weighted by Crippen LogP contribution is 2.35. The molecule has 0 radical (unpaired) electrons. The van der Waals surface area contributed by atoms with Gasteiger partial charge in [-0.3, -0.25) is 30.3 Å². The molecule has 90 valence electrons. The molecular weight excluding hydrogens is 234 g/mol. The average Bonchev–Trinajstić information content (AvgIpc) is 2.30. The van der Waals surface area contributed by atoms with Crippen LogP contribution >= 0.6 is 0 Å². The van der Waals surface area contributed by atoms with Crippen molar-refractivity contribution in [2.24, 2.45) is 0 Å². The number of hydrogen-bond acceptors (Lipinski definition) is 6. The second-order valence-electron chi connectivity index (χ2n) is 2.42. The molecule has 9 nitrogen and oxygen atoms in total. The zero-order valence-electron chi connectivity index (χ0n) is 8.44. The Morgan fingerprint density at radius 2 is 1.18 bits per heavy atom.